The standard InChI is InChI=1S/C12H11NO2/c1-15-12(14)5-3-9-2-4-10-6-7-13-11(10)8-9/h2-8,13H,1H3/b5-3+. The van der Waals surface area contributed by atoms with Crippen LogP contribution in [0.15, 0.2) is 36.5 Å². The third-order valence-corrected chi connectivity index (χ3v) is 2.19. The van der Waals surface area contributed by atoms with Gasteiger partial charge in [0.15, 0.2) is 0 Å². The fourth-order valence-corrected chi connectivity index (χ4v) is 1.40. The first-order valence-corrected chi connectivity index (χ1v) is 4.63. The molecule has 2 rings (SSSR count). The van der Waals surface area contributed by atoms with Crippen molar-refractivity contribution in [2.75, 3.05) is 7.11 Å². The number of nitrogens with one attached hydrogen (secondary N) is 1. The average Bonchev–Trinajstić information content (AvgIpc) is 2.72. The number of ether oxygens (including phenoxy) is 1. The van der Waals surface area contributed by atoms with E-state index in [1.807, 2.05) is 30.5 Å². The lowest BCUT2D eigenvalue weighted by Gasteiger charge is -1.94. The molecule has 0 spiro atoms. The van der Waals surface area contributed by atoms with Gasteiger partial charge >= 0.3 is 5.97 Å². The van der Waals surface area contributed by atoms with Gasteiger partial charge in [0.05, 0.1) is 7.11 Å². The molecule has 0 radical (unpaired) electrons. The highest BCUT2D eigenvalue weighted by molar-refractivity contribution is 5.88. The molecule has 3 heteroatoms. The first-order chi connectivity index (χ1) is 7.29. The Balaban J connectivity index is 2.28. The highest BCUT2D eigenvalue weighted by atomic mass is 16.5. The van der Waals surface area contributed by atoms with Gasteiger partial charge in [-0.3, -0.25) is 0 Å². The summed E-state index contributed by atoms with van der Waals surface area (Å²) in [6.07, 6.45) is 5.02. The van der Waals surface area contributed by atoms with Crippen molar-refractivity contribution in [2.24, 2.45) is 0 Å². The lowest BCUT2D eigenvalue weighted by atomic mass is 10.1. The molecule has 0 unspecified atom stereocenters. The van der Waals surface area contributed by atoms with Crippen LogP contribution >= 0.6 is 0 Å². The highest BCUT2D eigenvalue weighted by Crippen LogP contribution is 2.14. The van der Waals surface area contributed by atoms with E-state index in [1.54, 1.807) is 6.08 Å². The van der Waals surface area contributed by atoms with E-state index in [0.717, 1.165) is 16.5 Å². The summed E-state index contributed by atoms with van der Waals surface area (Å²) in [5, 5.41) is 1.16. The van der Waals surface area contributed by atoms with Crippen LogP contribution in [0.3, 0.4) is 0 Å². The Kier molecular flexibility index (Phi) is 2.54. The topological polar surface area (TPSA) is 42.1 Å². The molecule has 0 aliphatic heterocycles. The molecule has 1 aromatic carbocycles. The van der Waals surface area contributed by atoms with Crippen LogP contribution in [0.2, 0.25) is 0 Å². The van der Waals surface area contributed by atoms with Crippen molar-refractivity contribution in [3.8, 4) is 0 Å². The molecule has 0 saturated heterocycles. The molecule has 1 aromatic heterocycles. The fourth-order valence-electron chi connectivity index (χ4n) is 1.40. The summed E-state index contributed by atoms with van der Waals surface area (Å²) in [7, 11) is 1.36. The molecule has 2 aromatic rings. The first-order valence-electron chi connectivity index (χ1n) is 4.63. The Hall–Kier alpha value is -2.03. The number of aromatic amines is 1. The Morgan fingerprint density at radius 2 is 2.27 bits per heavy atom. The lowest BCUT2D eigenvalue weighted by Crippen LogP contribution is -1.93. The van der Waals surface area contributed by atoms with Crippen LogP contribution in [0.5, 0.6) is 0 Å². The molecule has 0 amide bonds. The number of benzene rings is 1. The molecule has 3 nitrogen and oxygen atoms in total. The number of H-pyrrole nitrogens is 1. The van der Waals surface area contributed by atoms with Crippen LogP contribution < -0.4 is 0 Å². The maximum atomic E-state index is 10.9. The van der Waals surface area contributed by atoms with Gasteiger partial charge < -0.3 is 9.72 Å². The van der Waals surface area contributed by atoms with E-state index in [9.17, 15) is 4.79 Å². The summed E-state index contributed by atoms with van der Waals surface area (Å²) >= 11 is 0. The predicted octanol–water partition coefficient (Wildman–Crippen LogP) is 2.35. The van der Waals surface area contributed by atoms with Crippen LogP contribution in [-0.4, -0.2) is 18.1 Å². The molecule has 0 saturated carbocycles. The Bertz CT molecular complexity index is 511. The quantitative estimate of drug-likeness (QED) is 0.598. The molecule has 76 valence electrons. The van der Waals surface area contributed by atoms with Crippen LogP contribution in [0, 0.1) is 0 Å². The van der Waals surface area contributed by atoms with Crippen molar-refractivity contribution in [3.05, 3.63) is 42.1 Å². The molecule has 15 heavy (non-hydrogen) atoms. The summed E-state index contributed by atoms with van der Waals surface area (Å²) < 4.78 is 4.51. The molecule has 0 aliphatic carbocycles. The third-order valence-electron chi connectivity index (χ3n) is 2.19. The average molecular weight is 201 g/mol. The van der Waals surface area contributed by atoms with Gasteiger partial charge in [0, 0.05) is 17.8 Å². The highest BCUT2D eigenvalue weighted by Gasteiger charge is 1.95. The van der Waals surface area contributed by atoms with Crippen LogP contribution in [-0.2, 0) is 9.53 Å². The van der Waals surface area contributed by atoms with Gasteiger partial charge in [-0.15, -0.1) is 0 Å². The molecule has 0 fully saturated rings. The third kappa shape index (κ3) is 2.07. The molecular formula is C12H11NO2. The SMILES string of the molecule is COC(=O)/C=C/c1ccc2cc[nH]c2c1. The molecule has 0 aliphatic rings. The minimum Gasteiger partial charge on any atom is -0.466 e. The van der Waals surface area contributed by atoms with Crippen molar-refractivity contribution < 1.29 is 9.53 Å². The summed E-state index contributed by atoms with van der Waals surface area (Å²) in [6.45, 7) is 0. The lowest BCUT2D eigenvalue weighted by molar-refractivity contribution is -0.134. The van der Waals surface area contributed by atoms with E-state index in [4.69, 9.17) is 0 Å². The predicted molar refractivity (Wildman–Crippen MR) is 59.3 cm³/mol. The Morgan fingerprint density at radius 3 is 3.07 bits per heavy atom. The molecule has 1 N–H and O–H groups in total. The number of hydrogen-bond acceptors (Lipinski definition) is 2. The summed E-state index contributed by atoms with van der Waals surface area (Å²) in [5.41, 5.74) is 2.03. The van der Waals surface area contributed by atoms with E-state index >= 15 is 0 Å². The fraction of sp³-hybridized carbons (Fsp3) is 0.0833. The van der Waals surface area contributed by atoms with E-state index in [2.05, 4.69) is 9.72 Å². The minimum atomic E-state index is -0.346. The number of esters is 1. The Morgan fingerprint density at radius 1 is 1.40 bits per heavy atom. The van der Waals surface area contributed by atoms with E-state index in [0.29, 0.717) is 0 Å². The zero-order chi connectivity index (χ0) is 10.7. The van der Waals surface area contributed by atoms with Crippen molar-refractivity contribution in [1.29, 1.82) is 0 Å². The largest absolute Gasteiger partial charge is 0.466 e. The zero-order valence-electron chi connectivity index (χ0n) is 8.36. The number of carbonyl (C=O) groups is 1. The number of methoxy groups -OCH3 is 1. The van der Waals surface area contributed by atoms with E-state index in [1.165, 1.54) is 13.2 Å². The van der Waals surface area contributed by atoms with E-state index < -0.39 is 0 Å². The Labute approximate surface area is 87.4 Å². The molecule has 0 atom stereocenters. The van der Waals surface area contributed by atoms with Crippen molar-refractivity contribution in [1.82, 2.24) is 4.98 Å². The smallest absolute Gasteiger partial charge is 0.330 e. The number of carbonyl (C=O) groups excluding carboxylic acids is 1. The molecule has 0 bridgehead atoms. The summed E-state index contributed by atoms with van der Waals surface area (Å²) in [6, 6.07) is 7.94. The summed E-state index contributed by atoms with van der Waals surface area (Å²) in [4.78, 5) is 14.0. The molecule has 1 heterocycles. The monoisotopic (exact) mass is 201 g/mol. The number of hydrogen-bond donors (Lipinski definition) is 1. The second kappa shape index (κ2) is 4.00. The number of rotatable bonds is 2. The number of fused-ring (bicyclic) bond motifs is 1. The van der Waals surface area contributed by atoms with Crippen LogP contribution in [0.1, 0.15) is 5.56 Å². The maximum absolute atomic E-state index is 10.9. The number of aromatic nitrogens is 1. The van der Waals surface area contributed by atoms with Gasteiger partial charge in [-0.05, 0) is 29.2 Å². The second-order valence-electron chi connectivity index (χ2n) is 3.18. The van der Waals surface area contributed by atoms with E-state index in [-0.39, 0.29) is 5.97 Å². The van der Waals surface area contributed by atoms with Gasteiger partial charge in [-0.25, -0.2) is 4.79 Å². The van der Waals surface area contributed by atoms with Gasteiger partial charge in [0.1, 0.15) is 0 Å². The second-order valence-corrected chi connectivity index (χ2v) is 3.18. The molecular weight excluding hydrogens is 190 g/mol. The van der Waals surface area contributed by atoms with Gasteiger partial charge in [-0.2, -0.15) is 0 Å². The van der Waals surface area contributed by atoms with Gasteiger partial charge in [0.25, 0.3) is 0 Å². The first kappa shape index (κ1) is 9.52. The summed E-state index contributed by atoms with van der Waals surface area (Å²) in [5.74, 6) is -0.346. The van der Waals surface area contributed by atoms with Crippen LogP contribution in [0.4, 0.5) is 0 Å². The van der Waals surface area contributed by atoms with Crippen molar-refractivity contribution >= 4 is 22.9 Å². The maximum Gasteiger partial charge on any atom is 0.330 e. The van der Waals surface area contributed by atoms with Crippen molar-refractivity contribution in [2.45, 2.75) is 0 Å². The normalized spacial score (nSPS) is 11.0. The minimum absolute atomic E-state index is 0.346. The zero-order valence-corrected chi connectivity index (χ0v) is 8.36. The van der Waals surface area contributed by atoms with Crippen LogP contribution in [0.25, 0.3) is 17.0 Å². The van der Waals surface area contributed by atoms with Crippen molar-refractivity contribution in [3.63, 3.8) is 0 Å². The van der Waals surface area contributed by atoms with Gasteiger partial charge in [0.2, 0.25) is 0 Å². The van der Waals surface area contributed by atoms with Gasteiger partial charge in [-0.1, -0.05) is 12.1 Å².